The Hall–Kier alpha value is 0.362. The average Bonchev–Trinajstić information content (AvgIpc) is 2.31. The van der Waals surface area contributed by atoms with Crippen LogP contribution in [0.3, 0.4) is 0 Å². The zero-order valence-corrected chi connectivity index (χ0v) is 11.6. The van der Waals surface area contributed by atoms with E-state index in [9.17, 15) is 4.79 Å². The first-order valence-electron chi connectivity index (χ1n) is 5.43. The predicted octanol–water partition coefficient (Wildman–Crippen LogP) is 1.48. The number of hydrogen-bond donors (Lipinski definition) is 1. The number of carbonyl (C=O) groups is 1. The molecule has 2 nitrogen and oxygen atoms in total. The van der Waals surface area contributed by atoms with Crippen molar-refractivity contribution in [2.45, 2.75) is 40.8 Å². The minimum atomic E-state index is -1.76. The Bertz CT molecular complexity index is 362. The number of nitrogens with one attached hydrogen (secondary N) is 1. The summed E-state index contributed by atoms with van der Waals surface area (Å²) in [6.45, 7) is 13.2. The quantitative estimate of drug-likeness (QED) is 0.586. The average molecular weight is 239 g/mol. The molecule has 1 aliphatic rings. The number of allylic oxidation sites excluding steroid dienone is 4. The van der Waals surface area contributed by atoms with Gasteiger partial charge in [0.1, 0.15) is 0 Å². The summed E-state index contributed by atoms with van der Waals surface area (Å²) in [5, 5.41) is 1.48. The first kappa shape index (κ1) is 19.7. The molecule has 0 spiro atoms. The fourth-order valence-corrected chi connectivity index (χ4v) is 5.47. The molecule has 0 fully saturated rings. The summed E-state index contributed by atoms with van der Waals surface area (Å²) < 4.78 is 0. The van der Waals surface area contributed by atoms with Crippen molar-refractivity contribution in [3.8, 4) is 0 Å². The molecule has 0 bridgehead atoms. The molecule has 1 N–H and O–H groups in total. The SMILES string of the molecule is CC1=C(C)C(C)C([Si](C)(C)NC=O)=C1C.[LiH].[LiH]. The molecular weight excluding hydrogens is 216 g/mol. The normalized spacial score (nSPS) is 19.8. The molecular formula is C12H23Li2NOSi. The van der Waals surface area contributed by atoms with Gasteiger partial charge in [0.15, 0.2) is 14.6 Å². The summed E-state index contributed by atoms with van der Waals surface area (Å²) in [4.78, 5) is 13.7. The van der Waals surface area contributed by atoms with Crippen molar-refractivity contribution in [2.75, 3.05) is 0 Å². The van der Waals surface area contributed by atoms with Gasteiger partial charge in [-0.2, -0.15) is 0 Å². The standard InChI is InChI=1S/C12H21NOSi.2Li.2H/c1-8-9(2)11(4)12(10(8)3)15(5,6)13-7-14;;;;/h7,10H,1-6H3,(H,13,14);;;;. The van der Waals surface area contributed by atoms with Gasteiger partial charge in [0.2, 0.25) is 0 Å². The van der Waals surface area contributed by atoms with E-state index in [1.165, 1.54) is 21.9 Å². The number of amides is 1. The fraction of sp³-hybridized carbons (Fsp3) is 0.583. The monoisotopic (exact) mass is 239 g/mol. The predicted molar refractivity (Wildman–Crippen MR) is 81.2 cm³/mol. The first-order valence-corrected chi connectivity index (χ1v) is 8.43. The van der Waals surface area contributed by atoms with Crippen molar-refractivity contribution in [2.24, 2.45) is 5.92 Å². The van der Waals surface area contributed by atoms with Crippen LogP contribution in [0.1, 0.15) is 27.7 Å². The van der Waals surface area contributed by atoms with E-state index in [2.05, 4.69) is 45.8 Å². The van der Waals surface area contributed by atoms with Crippen molar-refractivity contribution >= 4 is 52.4 Å². The topological polar surface area (TPSA) is 29.1 Å². The molecule has 0 radical (unpaired) electrons. The van der Waals surface area contributed by atoms with Crippen LogP contribution in [-0.4, -0.2) is 52.4 Å². The van der Waals surface area contributed by atoms with Gasteiger partial charge >= 0.3 is 37.7 Å². The van der Waals surface area contributed by atoms with Crippen LogP contribution >= 0.6 is 0 Å². The van der Waals surface area contributed by atoms with Gasteiger partial charge in [-0.15, -0.1) is 0 Å². The number of rotatable bonds is 3. The van der Waals surface area contributed by atoms with Crippen LogP contribution in [-0.2, 0) is 4.79 Å². The summed E-state index contributed by atoms with van der Waals surface area (Å²) in [5.41, 5.74) is 4.26. The molecule has 1 atom stereocenters. The molecule has 17 heavy (non-hydrogen) atoms. The Kier molecular flexibility index (Phi) is 8.20. The molecule has 1 unspecified atom stereocenters. The van der Waals surface area contributed by atoms with E-state index in [-0.39, 0.29) is 37.7 Å². The zero-order chi connectivity index (χ0) is 11.8. The van der Waals surface area contributed by atoms with Crippen LogP contribution in [0.25, 0.3) is 0 Å². The summed E-state index contributed by atoms with van der Waals surface area (Å²) in [5.74, 6) is 0.499. The van der Waals surface area contributed by atoms with E-state index >= 15 is 0 Å². The van der Waals surface area contributed by atoms with Gasteiger partial charge in [0.05, 0.1) is 0 Å². The molecule has 0 heterocycles. The van der Waals surface area contributed by atoms with Gasteiger partial charge in [0.25, 0.3) is 0 Å². The van der Waals surface area contributed by atoms with Crippen LogP contribution < -0.4 is 4.98 Å². The van der Waals surface area contributed by atoms with E-state index < -0.39 is 8.24 Å². The number of carbonyl (C=O) groups excluding carboxylic acids is 1. The second kappa shape index (κ2) is 7.07. The van der Waals surface area contributed by atoms with Crippen LogP contribution in [0.2, 0.25) is 13.1 Å². The molecule has 0 aromatic heterocycles. The third-order valence-corrected chi connectivity index (χ3v) is 6.73. The van der Waals surface area contributed by atoms with Gasteiger partial charge in [-0.3, -0.25) is 4.79 Å². The third kappa shape index (κ3) is 3.66. The molecule has 0 saturated heterocycles. The first-order chi connectivity index (χ1) is 6.83. The van der Waals surface area contributed by atoms with Crippen LogP contribution in [0, 0.1) is 5.92 Å². The van der Waals surface area contributed by atoms with Gasteiger partial charge in [-0.25, -0.2) is 0 Å². The van der Waals surface area contributed by atoms with Crippen LogP contribution in [0.5, 0.6) is 0 Å². The van der Waals surface area contributed by atoms with Crippen molar-refractivity contribution in [1.82, 2.24) is 4.98 Å². The van der Waals surface area contributed by atoms with E-state index in [1.807, 2.05) is 0 Å². The van der Waals surface area contributed by atoms with Crippen molar-refractivity contribution in [1.29, 1.82) is 0 Å². The third-order valence-electron chi connectivity index (χ3n) is 3.73. The van der Waals surface area contributed by atoms with E-state index in [0.717, 1.165) is 6.41 Å². The van der Waals surface area contributed by atoms with Crippen LogP contribution in [0.15, 0.2) is 21.9 Å². The molecule has 1 rings (SSSR count). The molecule has 5 heteroatoms. The summed E-state index contributed by atoms with van der Waals surface area (Å²) in [6.07, 6.45) is 0.849. The minimum absolute atomic E-state index is 0. The van der Waals surface area contributed by atoms with E-state index in [0.29, 0.717) is 5.92 Å². The maximum absolute atomic E-state index is 10.6. The molecule has 0 saturated carbocycles. The Balaban J connectivity index is 0. The van der Waals surface area contributed by atoms with Crippen LogP contribution in [0.4, 0.5) is 0 Å². The van der Waals surface area contributed by atoms with E-state index in [4.69, 9.17) is 0 Å². The summed E-state index contributed by atoms with van der Waals surface area (Å²) in [7, 11) is -1.76. The van der Waals surface area contributed by atoms with Gasteiger partial charge in [-0.05, 0) is 45.4 Å². The van der Waals surface area contributed by atoms with Gasteiger partial charge < -0.3 is 4.98 Å². The maximum atomic E-state index is 10.6. The molecule has 0 aromatic carbocycles. The second-order valence-corrected chi connectivity index (χ2v) is 9.03. The summed E-state index contributed by atoms with van der Waals surface area (Å²) >= 11 is 0. The van der Waals surface area contributed by atoms with Gasteiger partial charge in [0, 0.05) is 0 Å². The number of hydrogen-bond acceptors (Lipinski definition) is 1. The van der Waals surface area contributed by atoms with Gasteiger partial charge in [-0.1, -0.05) is 23.3 Å². The van der Waals surface area contributed by atoms with Crippen molar-refractivity contribution in [3.63, 3.8) is 0 Å². The Labute approximate surface area is 130 Å². The Morgan fingerprint density at radius 3 is 1.88 bits per heavy atom. The summed E-state index contributed by atoms with van der Waals surface area (Å²) in [6, 6.07) is 0. The fourth-order valence-electron chi connectivity index (χ4n) is 2.60. The molecule has 1 aliphatic carbocycles. The van der Waals surface area contributed by atoms with Crippen molar-refractivity contribution in [3.05, 3.63) is 21.9 Å². The van der Waals surface area contributed by atoms with Crippen molar-refractivity contribution < 1.29 is 4.79 Å². The molecule has 0 aromatic rings. The van der Waals surface area contributed by atoms with E-state index in [1.54, 1.807) is 0 Å². The second-order valence-electron chi connectivity index (χ2n) is 4.96. The Morgan fingerprint density at radius 1 is 1.12 bits per heavy atom. The molecule has 1 amide bonds. The Morgan fingerprint density at radius 2 is 1.59 bits per heavy atom. The molecule has 0 aliphatic heterocycles. The molecule has 88 valence electrons. The zero-order valence-electron chi connectivity index (χ0n) is 10.6.